The van der Waals surface area contributed by atoms with Crippen LogP contribution in [-0.4, -0.2) is 22.4 Å². The molecule has 2 aromatic carbocycles. The molecule has 140 valence electrons. The first kappa shape index (κ1) is 19.7. The normalized spacial score (nSPS) is 11.0. The highest BCUT2D eigenvalue weighted by Crippen LogP contribution is 2.23. The van der Waals surface area contributed by atoms with Gasteiger partial charge in [0.1, 0.15) is 0 Å². The summed E-state index contributed by atoms with van der Waals surface area (Å²) in [4.78, 5) is 24.8. The molecule has 0 saturated heterocycles. The van der Waals surface area contributed by atoms with Crippen molar-refractivity contribution in [2.75, 3.05) is 6.61 Å². The van der Waals surface area contributed by atoms with Crippen molar-refractivity contribution >= 4 is 51.5 Å². The number of halogens is 3. The quantitative estimate of drug-likeness (QED) is 0.564. The molecule has 0 aliphatic heterocycles. The topological polar surface area (TPSA) is 61.2 Å². The number of esters is 1. The number of fused-ring (bicyclic) bond motifs is 1. The average molecular weight is 426 g/mol. The molecule has 0 N–H and O–H groups in total. The molecule has 0 bridgehead atoms. The van der Waals surface area contributed by atoms with E-state index < -0.39 is 5.97 Å². The average Bonchev–Trinajstić information content (AvgIpc) is 2.62. The summed E-state index contributed by atoms with van der Waals surface area (Å²) in [6.45, 7) is 2.17. The van der Waals surface area contributed by atoms with Gasteiger partial charge in [-0.2, -0.15) is 5.10 Å². The lowest BCUT2D eigenvalue weighted by atomic mass is 10.1. The molecule has 0 fully saturated rings. The van der Waals surface area contributed by atoms with Crippen LogP contribution in [0, 0.1) is 0 Å². The van der Waals surface area contributed by atoms with Crippen LogP contribution in [0.1, 0.15) is 18.2 Å². The Bertz CT molecular complexity index is 1080. The molecule has 0 atom stereocenters. The fourth-order valence-electron chi connectivity index (χ4n) is 2.73. The Morgan fingerprint density at radius 3 is 2.56 bits per heavy atom. The third-order valence-corrected chi connectivity index (χ3v) is 4.91. The molecular formula is C19H15Cl3N2O3. The van der Waals surface area contributed by atoms with Gasteiger partial charge in [0.2, 0.25) is 0 Å². The second kappa shape index (κ2) is 8.30. The minimum absolute atomic E-state index is 0.0480. The molecule has 0 amide bonds. The number of hydrogen-bond donors (Lipinski definition) is 0. The number of benzene rings is 2. The molecule has 0 radical (unpaired) electrons. The Labute approximate surface area is 170 Å². The van der Waals surface area contributed by atoms with Gasteiger partial charge in [0, 0.05) is 10.4 Å². The van der Waals surface area contributed by atoms with Gasteiger partial charge in [-0.1, -0.05) is 46.9 Å². The largest absolute Gasteiger partial charge is 0.466 e. The van der Waals surface area contributed by atoms with E-state index in [1.807, 2.05) is 0 Å². The summed E-state index contributed by atoms with van der Waals surface area (Å²) in [5, 5.41) is 6.58. The Balaban J connectivity index is 2.11. The second-order valence-electron chi connectivity index (χ2n) is 5.83. The number of ether oxygens (including phenoxy) is 1. The molecule has 1 aromatic heterocycles. The van der Waals surface area contributed by atoms with Gasteiger partial charge in [-0.3, -0.25) is 9.59 Å². The summed E-state index contributed by atoms with van der Waals surface area (Å²) < 4.78 is 6.30. The van der Waals surface area contributed by atoms with Gasteiger partial charge < -0.3 is 4.74 Å². The van der Waals surface area contributed by atoms with E-state index in [0.717, 1.165) is 5.56 Å². The monoisotopic (exact) mass is 424 g/mol. The number of rotatable bonds is 5. The molecule has 0 saturated carbocycles. The minimum atomic E-state index is -0.416. The zero-order valence-corrected chi connectivity index (χ0v) is 16.6. The van der Waals surface area contributed by atoms with Crippen molar-refractivity contribution in [2.45, 2.75) is 19.9 Å². The first-order valence-electron chi connectivity index (χ1n) is 8.18. The SMILES string of the molecule is CCOC(=O)Cc1nn(Cc2ccc(Cl)c(Cl)c2)c(=O)c2cc(Cl)ccc12. The first-order chi connectivity index (χ1) is 12.9. The maximum absolute atomic E-state index is 12.9. The molecule has 3 rings (SSSR count). The maximum Gasteiger partial charge on any atom is 0.311 e. The first-order valence-corrected chi connectivity index (χ1v) is 9.31. The Hall–Kier alpha value is -2.08. The van der Waals surface area contributed by atoms with E-state index in [1.165, 1.54) is 4.68 Å². The Morgan fingerprint density at radius 1 is 1.07 bits per heavy atom. The van der Waals surface area contributed by atoms with Gasteiger partial charge in [-0.05, 0) is 36.8 Å². The number of carbonyl (C=O) groups is 1. The summed E-state index contributed by atoms with van der Waals surface area (Å²) in [5.41, 5.74) is 0.883. The maximum atomic E-state index is 12.9. The van der Waals surface area contributed by atoms with Crippen molar-refractivity contribution in [1.82, 2.24) is 9.78 Å². The van der Waals surface area contributed by atoms with E-state index in [4.69, 9.17) is 39.5 Å². The molecule has 5 nitrogen and oxygen atoms in total. The van der Waals surface area contributed by atoms with E-state index in [-0.39, 0.29) is 25.1 Å². The zero-order valence-electron chi connectivity index (χ0n) is 14.3. The number of hydrogen-bond acceptors (Lipinski definition) is 4. The summed E-state index contributed by atoms with van der Waals surface area (Å²) >= 11 is 18.0. The molecule has 0 aliphatic rings. The van der Waals surface area contributed by atoms with Crippen molar-refractivity contribution in [3.05, 3.63) is 73.1 Å². The third-order valence-electron chi connectivity index (χ3n) is 3.93. The summed E-state index contributed by atoms with van der Waals surface area (Å²) in [6.07, 6.45) is -0.0480. The van der Waals surface area contributed by atoms with Crippen LogP contribution in [0.4, 0.5) is 0 Å². The van der Waals surface area contributed by atoms with Gasteiger partial charge >= 0.3 is 5.97 Å². The second-order valence-corrected chi connectivity index (χ2v) is 7.08. The molecule has 8 heteroatoms. The van der Waals surface area contributed by atoms with Crippen LogP contribution in [0.5, 0.6) is 0 Å². The van der Waals surface area contributed by atoms with Crippen molar-refractivity contribution in [1.29, 1.82) is 0 Å². The number of carbonyl (C=O) groups excluding carboxylic acids is 1. The van der Waals surface area contributed by atoms with Crippen LogP contribution in [0.2, 0.25) is 15.1 Å². The van der Waals surface area contributed by atoms with Crippen LogP contribution in [0.3, 0.4) is 0 Å². The third kappa shape index (κ3) is 4.43. The standard InChI is InChI=1S/C19H15Cl3N2O3/c1-2-27-18(25)9-17-13-5-4-12(20)8-14(13)19(26)24(23-17)10-11-3-6-15(21)16(22)7-11/h3-8H,2,9-10H2,1H3. The fourth-order valence-corrected chi connectivity index (χ4v) is 3.22. The number of aromatic nitrogens is 2. The summed E-state index contributed by atoms with van der Waals surface area (Å²) in [5.74, 6) is -0.416. The van der Waals surface area contributed by atoms with Gasteiger partial charge in [0.15, 0.2) is 0 Å². The Morgan fingerprint density at radius 2 is 1.85 bits per heavy atom. The van der Waals surface area contributed by atoms with Crippen molar-refractivity contribution in [3.63, 3.8) is 0 Å². The van der Waals surface area contributed by atoms with Crippen molar-refractivity contribution in [3.8, 4) is 0 Å². The fraction of sp³-hybridized carbons (Fsp3) is 0.211. The highest BCUT2D eigenvalue weighted by Gasteiger charge is 2.15. The highest BCUT2D eigenvalue weighted by atomic mass is 35.5. The predicted molar refractivity (Wildman–Crippen MR) is 107 cm³/mol. The molecule has 0 aliphatic carbocycles. The lowest BCUT2D eigenvalue weighted by Gasteiger charge is -2.12. The molecule has 27 heavy (non-hydrogen) atoms. The number of nitrogens with zero attached hydrogens (tertiary/aromatic N) is 2. The smallest absolute Gasteiger partial charge is 0.311 e. The van der Waals surface area contributed by atoms with Crippen molar-refractivity contribution in [2.24, 2.45) is 0 Å². The molecule has 3 aromatic rings. The van der Waals surface area contributed by atoms with Crippen LogP contribution in [0.15, 0.2) is 41.2 Å². The van der Waals surface area contributed by atoms with E-state index in [0.29, 0.717) is 31.5 Å². The van der Waals surface area contributed by atoms with Crippen LogP contribution >= 0.6 is 34.8 Å². The molecule has 1 heterocycles. The minimum Gasteiger partial charge on any atom is -0.466 e. The van der Waals surface area contributed by atoms with E-state index in [9.17, 15) is 9.59 Å². The lowest BCUT2D eigenvalue weighted by Crippen LogP contribution is -2.26. The Kier molecular flexibility index (Phi) is 6.05. The van der Waals surface area contributed by atoms with Gasteiger partial charge in [-0.25, -0.2) is 4.68 Å². The lowest BCUT2D eigenvalue weighted by molar-refractivity contribution is -0.142. The zero-order chi connectivity index (χ0) is 19.6. The molecule has 0 unspecified atom stereocenters. The predicted octanol–water partition coefficient (Wildman–Crippen LogP) is 4.51. The van der Waals surface area contributed by atoms with E-state index in [1.54, 1.807) is 43.3 Å². The van der Waals surface area contributed by atoms with Gasteiger partial charge in [0.05, 0.1) is 40.7 Å². The summed E-state index contributed by atoms with van der Waals surface area (Å²) in [6, 6.07) is 10.00. The highest BCUT2D eigenvalue weighted by molar-refractivity contribution is 6.42. The van der Waals surface area contributed by atoms with Crippen LogP contribution in [0.25, 0.3) is 10.8 Å². The van der Waals surface area contributed by atoms with E-state index >= 15 is 0 Å². The summed E-state index contributed by atoms with van der Waals surface area (Å²) in [7, 11) is 0. The van der Waals surface area contributed by atoms with Gasteiger partial charge in [0.25, 0.3) is 5.56 Å². The van der Waals surface area contributed by atoms with Crippen molar-refractivity contribution < 1.29 is 9.53 Å². The van der Waals surface area contributed by atoms with Crippen LogP contribution in [-0.2, 0) is 22.5 Å². The van der Waals surface area contributed by atoms with Crippen LogP contribution < -0.4 is 5.56 Å². The molecular weight excluding hydrogens is 411 g/mol. The van der Waals surface area contributed by atoms with E-state index in [2.05, 4.69) is 5.10 Å². The van der Waals surface area contributed by atoms with Gasteiger partial charge in [-0.15, -0.1) is 0 Å². The molecule has 0 spiro atoms.